The summed E-state index contributed by atoms with van der Waals surface area (Å²) >= 11 is 0. The van der Waals surface area contributed by atoms with Crippen LogP contribution in [0.25, 0.3) is 0 Å². The second-order valence-corrected chi connectivity index (χ2v) is 9.63. The summed E-state index contributed by atoms with van der Waals surface area (Å²) in [5.74, 6) is -3.38. The van der Waals surface area contributed by atoms with Gasteiger partial charge in [0.2, 0.25) is 17.7 Å². The van der Waals surface area contributed by atoms with Crippen LogP contribution in [0.1, 0.15) is 37.3 Å². The molecule has 3 amide bonds. The normalized spacial score (nSPS) is 14.7. The van der Waals surface area contributed by atoms with Crippen molar-refractivity contribution < 1.29 is 34.5 Å². The molecule has 0 bridgehead atoms. The highest BCUT2D eigenvalue weighted by Gasteiger charge is 2.31. The Morgan fingerprint density at radius 1 is 0.775 bits per heavy atom. The van der Waals surface area contributed by atoms with Gasteiger partial charge in [0.05, 0.1) is 6.10 Å². The summed E-state index contributed by atoms with van der Waals surface area (Å²) in [6.07, 6.45) is 0.0927. The van der Waals surface area contributed by atoms with E-state index in [-0.39, 0.29) is 25.0 Å². The van der Waals surface area contributed by atoms with Crippen LogP contribution in [-0.2, 0) is 32.0 Å². The number of rotatable bonds is 16. The van der Waals surface area contributed by atoms with Crippen LogP contribution in [0, 0.1) is 0 Å². The number of phenols is 1. The Labute approximate surface area is 233 Å². The van der Waals surface area contributed by atoms with Crippen LogP contribution in [0.3, 0.4) is 0 Å². The molecule has 0 aliphatic heterocycles. The Hall–Kier alpha value is -4.00. The molecule has 2 rings (SSSR count). The first-order chi connectivity index (χ1) is 19.0. The lowest BCUT2D eigenvalue weighted by Gasteiger charge is -2.26. The number of carbonyl (C=O) groups excluding carboxylic acids is 3. The fourth-order valence-corrected chi connectivity index (χ4v) is 3.92. The van der Waals surface area contributed by atoms with E-state index in [1.807, 2.05) is 0 Å². The van der Waals surface area contributed by atoms with Gasteiger partial charge in [-0.1, -0.05) is 42.5 Å². The molecule has 0 radical (unpaired) electrons. The van der Waals surface area contributed by atoms with Crippen LogP contribution >= 0.6 is 0 Å². The van der Waals surface area contributed by atoms with Gasteiger partial charge in [-0.15, -0.1) is 0 Å². The third-order valence-electron chi connectivity index (χ3n) is 6.31. The zero-order valence-corrected chi connectivity index (χ0v) is 22.5. The molecular weight excluding hydrogens is 518 g/mol. The molecule has 40 heavy (non-hydrogen) atoms. The number of carbonyl (C=O) groups is 4. The fraction of sp³-hybridized carbons (Fsp3) is 0.429. The van der Waals surface area contributed by atoms with E-state index < -0.39 is 54.0 Å². The first-order valence-corrected chi connectivity index (χ1v) is 13.1. The van der Waals surface area contributed by atoms with Gasteiger partial charge in [0.1, 0.15) is 29.9 Å². The topological polar surface area (TPSA) is 217 Å². The number of aromatic hydroxyl groups is 1. The van der Waals surface area contributed by atoms with Crippen molar-refractivity contribution in [2.45, 2.75) is 69.3 Å². The quantitative estimate of drug-likeness (QED) is 0.125. The summed E-state index contributed by atoms with van der Waals surface area (Å²) in [6, 6.07) is 9.98. The highest BCUT2D eigenvalue weighted by molar-refractivity contribution is 5.94. The van der Waals surface area contributed by atoms with Gasteiger partial charge in [0, 0.05) is 12.8 Å². The van der Waals surface area contributed by atoms with Gasteiger partial charge in [-0.05, 0) is 56.0 Å². The molecule has 0 saturated heterocycles. The van der Waals surface area contributed by atoms with E-state index in [9.17, 15) is 34.5 Å². The molecule has 0 spiro atoms. The molecule has 0 aliphatic carbocycles. The second kappa shape index (κ2) is 16.2. The summed E-state index contributed by atoms with van der Waals surface area (Å²) in [5, 5.41) is 36.7. The predicted molar refractivity (Wildman–Crippen MR) is 148 cm³/mol. The second-order valence-electron chi connectivity index (χ2n) is 9.63. The van der Waals surface area contributed by atoms with Gasteiger partial charge < -0.3 is 42.7 Å². The zero-order chi connectivity index (χ0) is 29.7. The average molecular weight is 558 g/mol. The molecule has 12 heteroatoms. The molecule has 12 nitrogen and oxygen atoms in total. The number of unbranched alkanes of at least 4 members (excludes halogenated alkanes) is 1. The highest BCUT2D eigenvalue weighted by Crippen LogP contribution is 2.13. The zero-order valence-electron chi connectivity index (χ0n) is 22.5. The van der Waals surface area contributed by atoms with E-state index in [2.05, 4.69) is 16.0 Å². The number of aliphatic hydroxyl groups excluding tert-OH is 1. The van der Waals surface area contributed by atoms with Gasteiger partial charge in [0.15, 0.2) is 0 Å². The van der Waals surface area contributed by atoms with E-state index in [0.29, 0.717) is 30.5 Å². The van der Waals surface area contributed by atoms with Crippen LogP contribution in [0.4, 0.5) is 0 Å². The standard InChI is InChI=1S/C28H39N5O7/c1-17(34)24(30)27(38)32-22(15-19-10-12-20(35)13-11-19)26(37)31-21(9-5-6-14-29)25(36)33-23(28(39)40)16-18-7-3-2-4-8-18/h2-4,7-8,10-13,17,21-24,34-35H,5-6,9,14-16,29-30H2,1H3,(H,31,37)(H,32,38)(H,33,36)(H,39,40). The SMILES string of the molecule is CC(O)C(N)C(=O)NC(Cc1ccc(O)cc1)C(=O)NC(CCCCN)C(=O)NC(Cc1ccccc1)C(=O)O. The van der Waals surface area contributed by atoms with Crippen molar-refractivity contribution in [3.8, 4) is 5.75 Å². The molecule has 0 heterocycles. The van der Waals surface area contributed by atoms with Crippen LogP contribution < -0.4 is 27.4 Å². The predicted octanol–water partition coefficient (Wildman–Crippen LogP) is -0.446. The number of nitrogens with one attached hydrogen (secondary N) is 3. The number of amides is 3. The minimum Gasteiger partial charge on any atom is -0.508 e. The van der Waals surface area contributed by atoms with E-state index in [1.54, 1.807) is 42.5 Å². The van der Waals surface area contributed by atoms with Crippen molar-refractivity contribution in [1.82, 2.24) is 16.0 Å². The molecular formula is C28H39N5O7. The number of benzene rings is 2. The Morgan fingerprint density at radius 2 is 1.30 bits per heavy atom. The molecule has 5 atom stereocenters. The lowest BCUT2D eigenvalue weighted by atomic mass is 10.0. The summed E-state index contributed by atoms with van der Waals surface area (Å²) in [6.45, 7) is 1.70. The van der Waals surface area contributed by atoms with Crippen LogP contribution in [0.5, 0.6) is 5.75 Å². The number of aliphatic hydroxyl groups is 1. The molecule has 0 saturated carbocycles. The molecule has 10 N–H and O–H groups in total. The summed E-state index contributed by atoms with van der Waals surface area (Å²) in [4.78, 5) is 51.1. The van der Waals surface area contributed by atoms with Gasteiger partial charge in [0.25, 0.3) is 0 Å². The lowest BCUT2D eigenvalue weighted by molar-refractivity contribution is -0.142. The molecule has 0 fully saturated rings. The molecule has 0 aliphatic rings. The van der Waals surface area contributed by atoms with E-state index in [4.69, 9.17) is 11.5 Å². The largest absolute Gasteiger partial charge is 0.508 e. The Morgan fingerprint density at radius 3 is 1.88 bits per heavy atom. The Kier molecular flexibility index (Phi) is 13.0. The van der Waals surface area contributed by atoms with Crippen molar-refractivity contribution in [1.29, 1.82) is 0 Å². The third-order valence-corrected chi connectivity index (χ3v) is 6.31. The molecule has 5 unspecified atom stereocenters. The maximum atomic E-state index is 13.4. The minimum absolute atomic E-state index is 0.00667. The first kappa shape index (κ1) is 32.2. The number of nitrogens with two attached hydrogens (primary N) is 2. The van der Waals surface area contributed by atoms with Crippen LogP contribution in [0.2, 0.25) is 0 Å². The molecule has 2 aromatic carbocycles. The Bertz CT molecular complexity index is 1110. The number of phenolic OH excluding ortho intramolecular Hbond substituents is 1. The molecule has 0 aromatic heterocycles. The third kappa shape index (κ3) is 10.6. The summed E-state index contributed by atoms with van der Waals surface area (Å²) in [7, 11) is 0. The minimum atomic E-state index is -1.30. The number of carboxylic acid groups (broad SMARTS) is 1. The van der Waals surface area contributed by atoms with Crippen molar-refractivity contribution >= 4 is 23.7 Å². The van der Waals surface area contributed by atoms with Crippen molar-refractivity contribution in [3.63, 3.8) is 0 Å². The van der Waals surface area contributed by atoms with Crippen molar-refractivity contribution in [2.75, 3.05) is 6.54 Å². The number of aliphatic carboxylic acids is 1. The number of hydrogen-bond donors (Lipinski definition) is 8. The smallest absolute Gasteiger partial charge is 0.326 e. The van der Waals surface area contributed by atoms with E-state index in [0.717, 1.165) is 0 Å². The molecule has 218 valence electrons. The van der Waals surface area contributed by atoms with Gasteiger partial charge in [-0.3, -0.25) is 14.4 Å². The molecule has 2 aromatic rings. The van der Waals surface area contributed by atoms with Crippen molar-refractivity contribution in [3.05, 3.63) is 65.7 Å². The first-order valence-electron chi connectivity index (χ1n) is 13.1. The van der Waals surface area contributed by atoms with Crippen LogP contribution in [0.15, 0.2) is 54.6 Å². The van der Waals surface area contributed by atoms with Gasteiger partial charge >= 0.3 is 5.97 Å². The van der Waals surface area contributed by atoms with Gasteiger partial charge in [-0.25, -0.2) is 4.79 Å². The van der Waals surface area contributed by atoms with Crippen molar-refractivity contribution in [2.24, 2.45) is 11.5 Å². The van der Waals surface area contributed by atoms with Crippen LogP contribution in [-0.4, -0.2) is 75.8 Å². The Balaban J connectivity index is 2.24. The van der Waals surface area contributed by atoms with E-state index in [1.165, 1.54) is 19.1 Å². The van der Waals surface area contributed by atoms with Gasteiger partial charge in [-0.2, -0.15) is 0 Å². The lowest BCUT2D eigenvalue weighted by Crippen LogP contribution is -2.58. The highest BCUT2D eigenvalue weighted by atomic mass is 16.4. The fourth-order valence-electron chi connectivity index (χ4n) is 3.92. The number of carboxylic acids is 1. The monoisotopic (exact) mass is 557 g/mol. The summed E-state index contributed by atoms with van der Waals surface area (Å²) < 4.78 is 0. The summed E-state index contributed by atoms with van der Waals surface area (Å²) in [5.41, 5.74) is 12.6. The maximum absolute atomic E-state index is 13.4. The average Bonchev–Trinajstić information content (AvgIpc) is 2.92. The maximum Gasteiger partial charge on any atom is 0.326 e. The number of hydrogen-bond acceptors (Lipinski definition) is 8. The van der Waals surface area contributed by atoms with E-state index >= 15 is 0 Å².